The highest BCUT2D eigenvalue weighted by Crippen LogP contribution is 2.56. The summed E-state index contributed by atoms with van der Waals surface area (Å²) in [7, 11) is 0. The number of benzene rings is 17. The molecular formula is C102H69B2N5O. The SMILES string of the molecule is c1ccc(-c2ccccc2N2c3cc4c(cc3B3c5ccccc5N(c5c(-c6ccccc6)cccc5-c5ccccc5)c5cc(N(c6ccccc6)c6ccccc6)cc2c53)B2c3ccccc3N(c3c(-c5ccccc5)cccc3-c3ccccc3)c3cc(N(c5ccccc5)c5ccccc5)cc(c32)O4)cc1. The molecule has 0 fully saturated rings. The van der Waals surface area contributed by atoms with E-state index in [1.807, 2.05) is 0 Å². The minimum Gasteiger partial charge on any atom is -0.458 e. The Balaban J connectivity index is 0.884. The molecule has 0 N–H and O–H groups in total. The molecule has 0 aliphatic carbocycles. The van der Waals surface area contributed by atoms with E-state index in [0.717, 1.165) is 163 Å². The molecule has 0 unspecified atom stereocenters. The van der Waals surface area contributed by atoms with Crippen molar-refractivity contribution in [1.29, 1.82) is 0 Å². The summed E-state index contributed by atoms with van der Waals surface area (Å²) in [5, 5.41) is 0. The molecule has 0 saturated carbocycles. The van der Waals surface area contributed by atoms with Gasteiger partial charge in [-0.1, -0.05) is 322 Å². The van der Waals surface area contributed by atoms with Crippen LogP contribution in [0.4, 0.5) is 85.3 Å². The summed E-state index contributed by atoms with van der Waals surface area (Å²) < 4.78 is 8.11. The molecule has 514 valence electrons. The Morgan fingerprint density at radius 2 is 0.500 bits per heavy atom. The normalized spacial score (nSPS) is 12.5. The second-order valence-corrected chi connectivity index (χ2v) is 28.6. The molecule has 17 aromatic rings. The van der Waals surface area contributed by atoms with Gasteiger partial charge in [0.15, 0.2) is 0 Å². The fraction of sp³-hybridized carbons (Fsp3) is 0. The monoisotopic (exact) mass is 1400 g/mol. The lowest BCUT2D eigenvalue weighted by molar-refractivity contribution is 0.488. The van der Waals surface area contributed by atoms with Crippen LogP contribution < -0.4 is 62.0 Å². The van der Waals surface area contributed by atoms with Crippen molar-refractivity contribution in [3.05, 3.63) is 419 Å². The maximum atomic E-state index is 8.11. The fourth-order valence-corrected chi connectivity index (χ4v) is 17.8. The summed E-state index contributed by atoms with van der Waals surface area (Å²) >= 11 is 0. The highest BCUT2D eigenvalue weighted by molar-refractivity contribution is 7.02. The zero-order valence-electron chi connectivity index (χ0n) is 60.1. The third kappa shape index (κ3) is 10.7. The molecule has 4 aliphatic heterocycles. The molecule has 0 saturated heterocycles. The van der Waals surface area contributed by atoms with E-state index >= 15 is 0 Å². The summed E-state index contributed by atoms with van der Waals surface area (Å²) in [4.78, 5) is 12.6. The van der Waals surface area contributed by atoms with Gasteiger partial charge in [-0.25, -0.2) is 0 Å². The van der Waals surface area contributed by atoms with Crippen LogP contribution in [0, 0.1) is 0 Å². The van der Waals surface area contributed by atoms with Crippen LogP contribution in [0.15, 0.2) is 419 Å². The average Bonchev–Trinajstić information content (AvgIpc) is 0.685. The van der Waals surface area contributed by atoms with E-state index in [-0.39, 0.29) is 13.4 Å². The maximum absolute atomic E-state index is 8.11. The van der Waals surface area contributed by atoms with E-state index < -0.39 is 0 Å². The Morgan fingerprint density at radius 1 is 0.191 bits per heavy atom. The van der Waals surface area contributed by atoms with Crippen molar-refractivity contribution in [1.82, 2.24) is 0 Å². The molecule has 0 spiro atoms. The molecule has 0 amide bonds. The van der Waals surface area contributed by atoms with Gasteiger partial charge in [0.1, 0.15) is 11.5 Å². The number of para-hydroxylation sites is 9. The lowest BCUT2D eigenvalue weighted by atomic mass is 9.30. The largest absolute Gasteiger partial charge is 0.458 e. The number of rotatable bonds is 14. The van der Waals surface area contributed by atoms with Crippen molar-refractivity contribution in [2.75, 3.05) is 24.5 Å². The molecule has 0 atom stereocenters. The molecule has 4 heterocycles. The number of ether oxygens (including phenoxy) is 1. The molecule has 110 heavy (non-hydrogen) atoms. The highest BCUT2D eigenvalue weighted by atomic mass is 16.5. The standard InChI is InChI=1S/C102H69B2N5O/c1-10-36-70(37-11-1)81-54-28-31-61-90(81)107-93-69-97-89(104-87-60-30-33-63-92(87)109(102-84(73-42-16-4-17-43-73)57-35-58-85(102)74-44-18-5-19-45-74)96-66-80(67-98(110-97)100(96)104)106(77-50-24-8-25-51-77)78-52-26-9-27-53-78)68-88(93)103-86-59-29-32-62-91(86)108(101-82(71-38-12-2-13-39-71)55-34-56-83(101)72-40-14-3-15-41-72)95-65-79(64-94(107)99(95)103)105(75-46-20-6-21-47-75)76-48-22-7-23-49-76/h1-69H. The number of anilines is 15. The molecule has 21 rings (SSSR count). The summed E-state index contributed by atoms with van der Waals surface area (Å²) in [5.41, 5.74) is 33.8. The van der Waals surface area contributed by atoms with Gasteiger partial charge in [0, 0.05) is 96.8 Å². The van der Waals surface area contributed by atoms with Crippen LogP contribution in [0.25, 0.3) is 55.6 Å². The van der Waals surface area contributed by atoms with Gasteiger partial charge in [0.05, 0.1) is 28.4 Å². The van der Waals surface area contributed by atoms with Crippen LogP contribution in [-0.2, 0) is 0 Å². The molecule has 17 aromatic carbocycles. The molecule has 0 radical (unpaired) electrons. The second kappa shape index (κ2) is 26.9. The Bertz CT molecular complexity index is 6150. The van der Waals surface area contributed by atoms with E-state index in [4.69, 9.17) is 4.74 Å². The van der Waals surface area contributed by atoms with Crippen LogP contribution >= 0.6 is 0 Å². The summed E-state index contributed by atoms with van der Waals surface area (Å²) in [6.45, 7) is -0.607. The predicted octanol–water partition coefficient (Wildman–Crippen LogP) is 23.4. The first-order valence-corrected chi connectivity index (χ1v) is 37.9. The average molecular weight is 1400 g/mol. The lowest BCUT2D eigenvalue weighted by Crippen LogP contribution is -2.64. The van der Waals surface area contributed by atoms with Crippen molar-refractivity contribution in [2.24, 2.45) is 0 Å². The molecular weight excluding hydrogens is 1330 g/mol. The first-order chi connectivity index (χ1) is 54.6. The van der Waals surface area contributed by atoms with Gasteiger partial charge >= 0.3 is 0 Å². The number of fused-ring (bicyclic) bond motifs is 8. The van der Waals surface area contributed by atoms with Gasteiger partial charge in [-0.3, -0.25) is 0 Å². The van der Waals surface area contributed by atoms with Gasteiger partial charge < -0.3 is 29.2 Å². The van der Waals surface area contributed by atoms with E-state index in [0.29, 0.717) is 0 Å². The van der Waals surface area contributed by atoms with Gasteiger partial charge in [0.2, 0.25) is 0 Å². The third-order valence-electron chi connectivity index (χ3n) is 22.4. The quantitative estimate of drug-likeness (QED) is 0.101. The lowest BCUT2D eigenvalue weighted by Gasteiger charge is -2.47. The predicted molar refractivity (Wildman–Crippen MR) is 463 cm³/mol. The van der Waals surface area contributed by atoms with Crippen LogP contribution in [0.3, 0.4) is 0 Å². The molecule has 0 bridgehead atoms. The minimum atomic E-state index is -0.304. The van der Waals surface area contributed by atoms with Crippen molar-refractivity contribution >= 4 is 132 Å². The number of nitrogens with zero attached hydrogens (tertiary/aromatic N) is 5. The smallest absolute Gasteiger partial charge is 0.256 e. The maximum Gasteiger partial charge on any atom is 0.256 e. The first-order valence-electron chi connectivity index (χ1n) is 37.9. The van der Waals surface area contributed by atoms with Crippen molar-refractivity contribution in [2.45, 2.75) is 0 Å². The van der Waals surface area contributed by atoms with Gasteiger partial charge in [-0.05, 0) is 146 Å². The Kier molecular flexibility index (Phi) is 15.7. The van der Waals surface area contributed by atoms with Gasteiger partial charge in [0.25, 0.3) is 13.4 Å². The van der Waals surface area contributed by atoms with E-state index in [1.54, 1.807) is 0 Å². The van der Waals surface area contributed by atoms with Crippen molar-refractivity contribution in [3.63, 3.8) is 0 Å². The zero-order valence-corrected chi connectivity index (χ0v) is 60.1. The molecule has 0 aromatic heterocycles. The van der Waals surface area contributed by atoms with E-state index in [1.165, 1.54) is 21.9 Å². The van der Waals surface area contributed by atoms with Crippen LogP contribution in [0.5, 0.6) is 11.5 Å². The molecule has 6 nitrogen and oxygen atoms in total. The number of hydrogen-bond donors (Lipinski definition) is 0. The van der Waals surface area contributed by atoms with E-state index in [2.05, 4.69) is 443 Å². The van der Waals surface area contributed by atoms with Gasteiger partial charge in [-0.15, -0.1) is 0 Å². The molecule has 8 heteroatoms. The van der Waals surface area contributed by atoms with Crippen LogP contribution in [0.2, 0.25) is 0 Å². The fourth-order valence-electron chi connectivity index (χ4n) is 17.8. The van der Waals surface area contributed by atoms with Crippen LogP contribution in [0.1, 0.15) is 0 Å². The minimum absolute atomic E-state index is 0.303. The first kappa shape index (κ1) is 64.1. The van der Waals surface area contributed by atoms with Crippen molar-refractivity contribution in [3.8, 4) is 67.1 Å². The number of hydrogen-bond acceptors (Lipinski definition) is 6. The Hall–Kier alpha value is -14.3. The zero-order chi connectivity index (χ0) is 72.6. The Labute approximate surface area is 642 Å². The summed E-state index contributed by atoms with van der Waals surface area (Å²) in [6, 6.07) is 154. The highest BCUT2D eigenvalue weighted by Gasteiger charge is 2.49. The topological polar surface area (TPSA) is 25.4 Å². The second-order valence-electron chi connectivity index (χ2n) is 28.6. The third-order valence-corrected chi connectivity index (χ3v) is 22.4. The summed E-state index contributed by atoms with van der Waals surface area (Å²) in [5.74, 6) is 1.58. The van der Waals surface area contributed by atoms with Crippen molar-refractivity contribution < 1.29 is 4.74 Å². The van der Waals surface area contributed by atoms with Crippen LogP contribution in [-0.4, -0.2) is 13.4 Å². The Morgan fingerprint density at radius 3 is 0.909 bits per heavy atom. The van der Waals surface area contributed by atoms with Gasteiger partial charge in [-0.2, -0.15) is 0 Å². The van der Waals surface area contributed by atoms with E-state index in [9.17, 15) is 0 Å². The molecule has 4 aliphatic rings. The summed E-state index contributed by atoms with van der Waals surface area (Å²) in [6.07, 6.45) is 0.